The Bertz CT molecular complexity index is 265. The summed E-state index contributed by atoms with van der Waals surface area (Å²) in [4.78, 5) is 18.5. The number of hydrogen-bond donors (Lipinski definition) is 2. The standard InChI is InChI=1S/C9H22O6P2/c1-3-14-16(10,11)8-6-5-7-9-17(12,13)15-4-2/h3-9H2,1-2H3,(H,10,11)(H,12,13). The molecule has 8 heteroatoms. The molecule has 2 N–H and O–H groups in total. The maximum absolute atomic E-state index is 11.3. The molecule has 104 valence electrons. The zero-order chi connectivity index (χ0) is 13.4. The highest BCUT2D eigenvalue weighted by Crippen LogP contribution is 2.44. The molecule has 0 spiro atoms. The second-order valence-corrected chi connectivity index (χ2v) is 7.58. The van der Waals surface area contributed by atoms with Crippen molar-refractivity contribution in [1.82, 2.24) is 0 Å². The van der Waals surface area contributed by atoms with E-state index in [1.54, 1.807) is 13.8 Å². The Morgan fingerprint density at radius 3 is 1.47 bits per heavy atom. The Kier molecular flexibility index (Phi) is 8.56. The van der Waals surface area contributed by atoms with Crippen LogP contribution < -0.4 is 0 Å². The van der Waals surface area contributed by atoms with Gasteiger partial charge < -0.3 is 18.8 Å². The van der Waals surface area contributed by atoms with Gasteiger partial charge >= 0.3 is 15.2 Å². The third-order valence-corrected chi connectivity index (χ3v) is 5.13. The summed E-state index contributed by atoms with van der Waals surface area (Å²) in [6.45, 7) is 3.74. The molecule has 0 fully saturated rings. The molecule has 0 radical (unpaired) electrons. The van der Waals surface area contributed by atoms with E-state index in [1.807, 2.05) is 0 Å². The van der Waals surface area contributed by atoms with Gasteiger partial charge in [0, 0.05) is 12.3 Å². The zero-order valence-corrected chi connectivity index (χ0v) is 12.2. The lowest BCUT2D eigenvalue weighted by Crippen LogP contribution is -1.97. The third-order valence-electron chi connectivity index (χ3n) is 2.04. The van der Waals surface area contributed by atoms with Crippen molar-refractivity contribution >= 4 is 15.2 Å². The maximum Gasteiger partial charge on any atom is 0.328 e. The zero-order valence-electron chi connectivity index (χ0n) is 10.4. The second-order valence-electron chi connectivity index (χ2n) is 3.62. The molecule has 0 aliphatic heterocycles. The predicted octanol–water partition coefficient (Wildman–Crippen LogP) is 2.60. The van der Waals surface area contributed by atoms with Crippen LogP contribution in [0.3, 0.4) is 0 Å². The van der Waals surface area contributed by atoms with E-state index in [-0.39, 0.29) is 25.5 Å². The normalized spacial score (nSPS) is 18.6. The smallest absolute Gasteiger partial charge is 0.324 e. The van der Waals surface area contributed by atoms with E-state index >= 15 is 0 Å². The summed E-state index contributed by atoms with van der Waals surface area (Å²) in [5, 5.41) is 0. The van der Waals surface area contributed by atoms with Crippen molar-refractivity contribution in [1.29, 1.82) is 0 Å². The molecule has 0 saturated carbocycles. The average Bonchev–Trinajstić information content (AvgIpc) is 2.16. The van der Waals surface area contributed by atoms with Crippen molar-refractivity contribution in [2.24, 2.45) is 0 Å². The highest BCUT2D eigenvalue weighted by molar-refractivity contribution is 7.53. The van der Waals surface area contributed by atoms with Gasteiger partial charge in [-0.3, -0.25) is 9.13 Å². The van der Waals surface area contributed by atoms with Gasteiger partial charge in [-0.15, -0.1) is 0 Å². The molecule has 0 rings (SSSR count). The van der Waals surface area contributed by atoms with Gasteiger partial charge in [0.15, 0.2) is 0 Å². The predicted molar refractivity (Wildman–Crippen MR) is 66.5 cm³/mol. The van der Waals surface area contributed by atoms with E-state index in [0.717, 1.165) is 0 Å². The summed E-state index contributed by atoms with van der Waals surface area (Å²) >= 11 is 0. The molecular formula is C9H22O6P2. The number of unbranched alkanes of at least 4 members (excludes halogenated alkanes) is 2. The van der Waals surface area contributed by atoms with Gasteiger partial charge in [-0.2, -0.15) is 0 Å². The van der Waals surface area contributed by atoms with Gasteiger partial charge in [0.25, 0.3) is 0 Å². The molecule has 6 nitrogen and oxygen atoms in total. The topological polar surface area (TPSA) is 93.1 Å². The Morgan fingerprint density at radius 2 is 1.18 bits per heavy atom. The van der Waals surface area contributed by atoms with Crippen molar-refractivity contribution in [2.45, 2.75) is 33.1 Å². The van der Waals surface area contributed by atoms with Crippen LogP contribution in [0.1, 0.15) is 33.1 Å². The van der Waals surface area contributed by atoms with Crippen molar-refractivity contribution in [2.75, 3.05) is 25.5 Å². The van der Waals surface area contributed by atoms with Crippen molar-refractivity contribution < 1.29 is 28.0 Å². The van der Waals surface area contributed by atoms with E-state index in [1.165, 1.54) is 0 Å². The molecule has 2 atom stereocenters. The molecule has 0 aromatic rings. The first kappa shape index (κ1) is 17.3. The molecule has 0 saturated heterocycles. The lowest BCUT2D eigenvalue weighted by atomic mass is 10.3. The molecule has 0 aromatic carbocycles. The lowest BCUT2D eigenvalue weighted by Gasteiger charge is -2.11. The second kappa shape index (κ2) is 8.41. The first-order chi connectivity index (χ1) is 7.83. The molecule has 2 unspecified atom stereocenters. The lowest BCUT2D eigenvalue weighted by molar-refractivity contribution is 0.272. The van der Waals surface area contributed by atoms with Crippen LogP contribution in [0.15, 0.2) is 0 Å². The van der Waals surface area contributed by atoms with Gasteiger partial charge in [0.2, 0.25) is 0 Å². The van der Waals surface area contributed by atoms with Crippen LogP contribution in [0.4, 0.5) is 0 Å². The van der Waals surface area contributed by atoms with Crippen molar-refractivity contribution in [3.63, 3.8) is 0 Å². The van der Waals surface area contributed by atoms with Crippen LogP contribution in [0.5, 0.6) is 0 Å². The highest BCUT2D eigenvalue weighted by atomic mass is 31.2. The Labute approximate surface area is 102 Å². The average molecular weight is 288 g/mol. The van der Waals surface area contributed by atoms with Gasteiger partial charge in [-0.1, -0.05) is 6.42 Å². The molecule has 0 bridgehead atoms. The van der Waals surface area contributed by atoms with Crippen LogP contribution in [0.25, 0.3) is 0 Å². The minimum atomic E-state index is -3.45. The van der Waals surface area contributed by atoms with Gasteiger partial charge in [-0.25, -0.2) is 0 Å². The molecule has 0 amide bonds. The van der Waals surface area contributed by atoms with Crippen molar-refractivity contribution in [3.05, 3.63) is 0 Å². The summed E-state index contributed by atoms with van der Waals surface area (Å²) in [5.74, 6) is 0. The van der Waals surface area contributed by atoms with Crippen LogP contribution in [0, 0.1) is 0 Å². The molecular weight excluding hydrogens is 266 g/mol. The first-order valence-corrected chi connectivity index (χ1v) is 9.28. The maximum atomic E-state index is 11.3. The summed E-state index contributed by atoms with van der Waals surface area (Å²) in [5.41, 5.74) is 0. The van der Waals surface area contributed by atoms with Gasteiger partial charge in [-0.05, 0) is 26.7 Å². The summed E-state index contributed by atoms with van der Waals surface area (Å²) in [6.07, 6.45) is 1.78. The van der Waals surface area contributed by atoms with E-state index in [4.69, 9.17) is 9.05 Å². The SMILES string of the molecule is CCOP(=O)(O)CCCCCP(=O)(O)OCC. The third kappa shape index (κ3) is 9.95. The Balaban J connectivity index is 3.66. The molecule has 17 heavy (non-hydrogen) atoms. The number of rotatable bonds is 10. The summed E-state index contributed by atoms with van der Waals surface area (Å²) in [6, 6.07) is 0. The molecule has 0 heterocycles. The van der Waals surface area contributed by atoms with Crippen molar-refractivity contribution in [3.8, 4) is 0 Å². The fraction of sp³-hybridized carbons (Fsp3) is 1.00. The van der Waals surface area contributed by atoms with Crippen LogP contribution in [0.2, 0.25) is 0 Å². The van der Waals surface area contributed by atoms with E-state index in [0.29, 0.717) is 19.3 Å². The minimum absolute atomic E-state index is 0.0885. The summed E-state index contributed by atoms with van der Waals surface area (Å²) < 4.78 is 32.0. The van der Waals surface area contributed by atoms with Crippen LogP contribution in [-0.4, -0.2) is 35.3 Å². The van der Waals surface area contributed by atoms with Crippen LogP contribution >= 0.6 is 15.2 Å². The fourth-order valence-corrected chi connectivity index (χ4v) is 3.64. The van der Waals surface area contributed by atoms with Gasteiger partial charge in [0.1, 0.15) is 0 Å². The fourth-order valence-electron chi connectivity index (χ4n) is 1.33. The molecule has 0 aliphatic carbocycles. The molecule has 0 aromatic heterocycles. The molecule has 0 aliphatic rings. The monoisotopic (exact) mass is 288 g/mol. The summed E-state index contributed by atoms with van der Waals surface area (Å²) in [7, 11) is -6.90. The van der Waals surface area contributed by atoms with E-state index in [2.05, 4.69) is 0 Å². The minimum Gasteiger partial charge on any atom is -0.324 e. The van der Waals surface area contributed by atoms with E-state index < -0.39 is 15.2 Å². The highest BCUT2D eigenvalue weighted by Gasteiger charge is 2.19. The Hall–Kier alpha value is 0.300. The van der Waals surface area contributed by atoms with Gasteiger partial charge in [0.05, 0.1) is 13.2 Å². The Morgan fingerprint density at radius 1 is 0.824 bits per heavy atom. The van der Waals surface area contributed by atoms with Crippen LogP contribution in [-0.2, 0) is 18.2 Å². The first-order valence-electron chi connectivity index (χ1n) is 5.75. The largest absolute Gasteiger partial charge is 0.328 e. The quantitative estimate of drug-likeness (QED) is 0.474. The number of hydrogen-bond acceptors (Lipinski definition) is 4. The van der Waals surface area contributed by atoms with E-state index in [9.17, 15) is 18.9 Å².